The lowest BCUT2D eigenvalue weighted by molar-refractivity contribution is -0.127. The number of hydrogen-bond donors (Lipinski definition) is 2. The summed E-state index contributed by atoms with van der Waals surface area (Å²) in [6.07, 6.45) is 0.891. The van der Waals surface area contributed by atoms with E-state index in [1.807, 2.05) is 0 Å². The van der Waals surface area contributed by atoms with Crippen LogP contribution in [0.5, 0.6) is 0 Å². The maximum Gasteiger partial charge on any atom is 0.238 e. The fraction of sp³-hybridized carbons (Fsp3) is 0.800. The molecule has 0 aromatic heterocycles. The Labute approximate surface area is 106 Å². The predicted octanol–water partition coefficient (Wildman–Crippen LogP) is -1.21. The van der Waals surface area contributed by atoms with Gasteiger partial charge in [-0.1, -0.05) is 6.92 Å². The average Bonchev–Trinajstić information content (AvgIpc) is 2.56. The van der Waals surface area contributed by atoms with Gasteiger partial charge in [-0.3, -0.25) is 9.59 Å². The Morgan fingerprint density at radius 1 is 1.56 bits per heavy atom. The minimum Gasteiger partial charge on any atom is -0.368 e. The SMILES string of the molecule is CC[C@H](NS(C)(=O)=O)C(=O)N[C@H]1C(=O)CO[C@H]1C. The van der Waals surface area contributed by atoms with Crippen molar-refractivity contribution in [3.63, 3.8) is 0 Å². The highest BCUT2D eigenvalue weighted by Crippen LogP contribution is 2.10. The van der Waals surface area contributed by atoms with E-state index >= 15 is 0 Å². The number of rotatable bonds is 5. The number of amides is 1. The van der Waals surface area contributed by atoms with Gasteiger partial charge in [0.2, 0.25) is 15.9 Å². The Morgan fingerprint density at radius 2 is 2.17 bits per heavy atom. The molecule has 1 aliphatic heterocycles. The van der Waals surface area contributed by atoms with Crippen molar-refractivity contribution in [2.24, 2.45) is 0 Å². The summed E-state index contributed by atoms with van der Waals surface area (Å²) in [5.41, 5.74) is 0. The van der Waals surface area contributed by atoms with Crippen molar-refractivity contribution in [1.29, 1.82) is 0 Å². The molecular weight excluding hydrogens is 260 g/mol. The summed E-state index contributed by atoms with van der Waals surface area (Å²) in [5, 5.41) is 2.51. The molecule has 1 aliphatic rings. The Bertz CT molecular complexity index is 434. The molecule has 1 saturated heterocycles. The van der Waals surface area contributed by atoms with E-state index in [0.717, 1.165) is 6.26 Å². The zero-order valence-corrected chi connectivity index (χ0v) is 11.4. The Hall–Kier alpha value is -0.990. The van der Waals surface area contributed by atoms with Gasteiger partial charge in [0.05, 0.1) is 12.4 Å². The summed E-state index contributed by atoms with van der Waals surface area (Å²) >= 11 is 0. The topological polar surface area (TPSA) is 102 Å². The average molecular weight is 278 g/mol. The van der Waals surface area contributed by atoms with Crippen LogP contribution < -0.4 is 10.0 Å². The van der Waals surface area contributed by atoms with Crippen LogP contribution in [0.15, 0.2) is 0 Å². The molecule has 0 aromatic rings. The van der Waals surface area contributed by atoms with Gasteiger partial charge in [-0.15, -0.1) is 0 Å². The van der Waals surface area contributed by atoms with E-state index in [9.17, 15) is 18.0 Å². The molecule has 0 bridgehead atoms. The number of carbonyl (C=O) groups excluding carboxylic acids is 2. The van der Waals surface area contributed by atoms with E-state index in [1.165, 1.54) is 0 Å². The molecule has 7 nitrogen and oxygen atoms in total. The quantitative estimate of drug-likeness (QED) is 0.657. The maximum absolute atomic E-state index is 11.9. The van der Waals surface area contributed by atoms with Crippen molar-refractivity contribution >= 4 is 21.7 Å². The minimum atomic E-state index is -3.47. The highest BCUT2D eigenvalue weighted by atomic mass is 32.2. The van der Waals surface area contributed by atoms with Crippen molar-refractivity contribution in [2.75, 3.05) is 12.9 Å². The van der Waals surface area contributed by atoms with Gasteiger partial charge in [0.25, 0.3) is 0 Å². The summed E-state index contributed by atoms with van der Waals surface area (Å²) in [6.45, 7) is 3.34. The van der Waals surface area contributed by atoms with Crippen LogP contribution in [-0.4, -0.2) is 51.2 Å². The summed E-state index contributed by atoms with van der Waals surface area (Å²) in [7, 11) is -3.47. The molecule has 1 amide bonds. The molecule has 2 N–H and O–H groups in total. The van der Waals surface area contributed by atoms with Crippen LogP contribution in [0.4, 0.5) is 0 Å². The lowest BCUT2D eigenvalue weighted by Crippen LogP contribution is -2.52. The summed E-state index contributed by atoms with van der Waals surface area (Å²) in [5.74, 6) is -0.719. The molecule has 0 radical (unpaired) electrons. The molecule has 1 fully saturated rings. The first-order valence-electron chi connectivity index (χ1n) is 5.66. The molecule has 0 aliphatic carbocycles. The monoisotopic (exact) mass is 278 g/mol. The smallest absolute Gasteiger partial charge is 0.238 e. The fourth-order valence-corrected chi connectivity index (χ4v) is 2.48. The molecule has 8 heteroatoms. The normalized spacial score (nSPS) is 26.1. The molecule has 0 spiro atoms. The molecule has 0 saturated carbocycles. The maximum atomic E-state index is 11.9. The number of nitrogens with one attached hydrogen (secondary N) is 2. The van der Waals surface area contributed by atoms with Crippen LogP contribution in [-0.2, 0) is 24.3 Å². The Kier molecular flexibility index (Phi) is 4.83. The van der Waals surface area contributed by atoms with E-state index in [4.69, 9.17) is 4.74 Å². The number of sulfonamides is 1. The molecule has 3 atom stereocenters. The van der Waals surface area contributed by atoms with E-state index in [1.54, 1.807) is 13.8 Å². The standard InChI is InChI=1S/C10H18N2O5S/c1-4-7(12-18(3,15)16)10(14)11-9-6(2)17-5-8(9)13/h6-7,9,12H,4-5H2,1-3H3,(H,11,14)/t6-,7-,9+/m0/s1. The van der Waals surface area contributed by atoms with Crippen LogP contribution in [0.3, 0.4) is 0 Å². The van der Waals surface area contributed by atoms with Gasteiger partial charge >= 0.3 is 0 Å². The van der Waals surface area contributed by atoms with Crippen LogP contribution in [0.2, 0.25) is 0 Å². The molecule has 18 heavy (non-hydrogen) atoms. The van der Waals surface area contributed by atoms with Crippen LogP contribution >= 0.6 is 0 Å². The zero-order chi connectivity index (χ0) is 13.9. The van der Waals surface area contributed by atoms with E-state index in [0.29, 0.717) is 6.42 Å². The highest BCUT2D eigenvalue weighted by Gasteiger charge is 2.35. The Balaban J connectivity index is 2.65. The largest absolute Gasteiger partial charge is 0.368 e. The van der Waals surface area contributed by atoms with Crippen molar-refractivity contribution in [3.8, 4) is 0 Å². The van der Waals surface area contributed by atoms with E-state index in [2.05, 4.69) is 10.0 Å². The molecule has 1 heterocycles. The van der Waals surface area contributed by atoms with Crippen molar-refractivity contribution in [1.82, 2.24) is 10.0 Å². The third kappa shape index (κ3) is 4.04. The second-order valence-corrected chi connectivity index (χ2v) is 6.10. The first-order valence-corrected chi connectivity index (χ1v) is 7.55. The van der Waals surface area contributed by atoms with Gasteiger partial charge < -0.3 is 10.1 Å². The highest BCUT2D eigenvalue weighted by molar-refractivity contribution is 7.88. The van der Waals surface area contributed by atoms with Gasteiger partial charge in [0, 0.05) is 0 Å². The molecular formula is C10H18N2O5S. The number of carbonyl (C=O) groups is 2. The second kappa shape index (κ2) is 5.77. The number of ether oxygens (including phenoxy) is 1. The third-order valence-corrected chi connectivity index (χ3v) is 3.40. The first kappa shape index (κ1) is 15.1. The molecule has 0 unspecified atom stereocenters. The van der Waals surface area contributed by atoms with E-state index < -0.39 is 34.1 Å². The predicted molar refractivity (Wildman–Crippen MR) is 64.4 cm³/mol. The second-order valence-electron chi connectivity index (χ2n) is 4.32. The van der Waals surface area contributed by atoms with Crippen LogP contribution in [0.1, 0.15) is 20.3 Å². The molecule has 0 aromatic carbocycles. The van der Waals surface area contributed by atoms with Gasteiger partial charge in [-0.2, -0.15) is 0 Å². The Morgan fingerprint density at radius 3 is 2.56 bits per heavy atom. The zero-order valence-electron chi connectivity index (χ0n) is 10.6. The third-order valence-electron chi connectivity index (χ3n) is 2.68. The first-order chi connectivity index (χ1) is 8.24. The minimum absolute atomic E-state index is 0.0254. The molecule has 1 rings (SSSR count). The van der Waals surface area contributed by atoms with Gasteiger partial charge in [0.1, 0.15) is 18.7 Å². The summed E-state index contributed by atoms with van der Waals surface area (Å²) in [4.78, 5) is 23.3. The summed E-state index contributed by atoms with van der Waals surface area (Å²) < 4.78 is 29.5. The van der Waals surface area contributed by atoms with E-state index in [-0.39, 0.29) is 12.4 Å². The number of Topliss-reactive ketones (excluding diaryl/α,β-unsaturated/α-hetero) is 1. The van der Waals surface area contributed by atoms with Gasteiger partial charge in [0.15, 0.2) is 5.78 Å². The lowest BCUT2D eigenvalue weighted by atomic mass is 10.1. The number of ketones is 1. The van der Waals surface area contributed by atoms with Gasteiger partial charge in [-0.05, 0) is 13.3 Å². The van der Waals surface area contributed by atoms with Crippen molar-refractivity contribution in [2.45, 2.75) is 38.5 Å². The van der Waals surface area contributed by atoms with Crippen molar-refractivity contribution < 1.29 is 22.7 Å². The lowest BCUT2D eigenvalue weighted by Gasteiger charge is -2.19. The van der Waals surface area contributed by atoms with Crippen LogP contribution in [0.25, 0.3) is 0 Å². The fourth-order valence-electron chi connectivity index (χ4n) is 1.69. The summed E-state index contributed by atoms with van der Waals surface area (Å²) in [6, 6.07) is -1.58. The van der Waals surface area contributed by atoms with Crippen molar-refractivity contribution in [3.05, 3.63) is 0 Å². The molecule has 104 valence electrons. The van der Waals surface area contributed by atoms with Crippen LogP contribution in [0, 0.1) is 0 Å². The van der Waals surface area contributed by atoms with Gasteiger partial charge in [-0.25, -0.2) is 13.1 Å². The number of hydrogen-bond acceptors (Lipinski definition) is 5.